The van der Waals surface area contributed by atoms with Crippen molar-refractivity contribution in [1.82, 2.24) is 0 Å². The summed E-state index contributed by atoms with van der Waals surface area (Å²) in [6, 6.07) is 0. The lowest BCUT2D eigenvalue weighted by Crippen LogP contribution is -2.27. The Kier molecular flexibility index (Phi) is 37.3. The van der Waals surface area contributed by atoms with Crippen LogP contribution in [0.3, 0.4) is 0 Å². The van der Waals surface area contributed by atoms with Crippen molar-refractivity contribution < 1.29 is 37.9 Å². The summed E-state index contributed by atoms with van der Waals surface area (Å²) in [6.07, 6.45) is 47.3. The summed E-state index contributed by atoms with van der Waals surface area (Å²) in [4.78, 5) is 22.4. The number of carbonyl (C=O) groups excluding carboxylic acids is 1. The van der Waals surface area contributed by atoms with Gasteiger partial charge in [0.25, 0.3) is 0 Å². The Morgan fingerprint density at radius 1 is 0.698 bits per heavy atom. The van der Waals surface area contributed by atoms with Gasteiger partial charge in [-0.15, -0.1) is 0 Å². The average molecular weight is 764 g/mol. The molecule has 0 rings (SSSR count). The zero-order valence-electron chi connectivity index (χ0n) is 33.1. The Labute approximate surface area is 322 Å². The van der Waals surface area contributed by atoms with Crippen molar-refractivity contribution >= 4 is 13.8 Å². The average Bonchev–Trinajstić information content (AvgIpc) is 3.14. The van der Waals surface area contributed by atoms with E-state index in [1.165, 1.54) is 57.8 Å². The van der Waals surface area contributed by atoms with Crippen LogP contribution in [-0.4, -0.2) is 54.5 Å². The zero-order valence-corrected chi connectivity index (χ0v) is 34.0. The van der Waals surface area contributed by atoms with Crippen molar-refractivity contribution in [1.29, 1.82) is 0 Å². The van der Waals surface area contributed by atoms with Crippen molar-refractivity contribution in [3.05, 3.63) is 85.3 Å². The first-order valence-electron chi connectivity index (χ1n) is 20.2. The molecule has 9 nitrogen and oxygen atoms in total. The standard InChI is InChI=1S/C43H74NO8P/c1-3-5-7-9-11-12-13-14-15-16-17-18-21-24-28-32-37-49-39-42(40-51-53(47,48)50-38-36-44)52-43(46)35-31-27-23-20-19-22-26-30-34-41(45)33-29-25-10-8-6-4-2/h6,8,14-15,20,22-23,25-26,29-30,32,34,37,41-42,45H,3-5,7,9-13,16-19,21,24,27-28,31,33,35-36,38-40,44H2,1-2H3,(H,47,48)/b8-6-,15-14-,23-20-,26-22-,29-25-,34-30+,37-32+/t41?,42-/m1/s1. The number of ether oxygens (including phenoxy) is 2. The summed E-state index contributed by atoms with van der Waals surface area (Å²) in [7, 11) is -4.33. The maximum atomic E-state index is 12.5. The minimum absolute atomic E-state index is 0.0186. The molecule has 53 heavy (non-hydrogen) atoms. The van der Waals surface area contributed by atoms with Crippen molar-refractivity contribution in [3.63, 3.8) is 0 Å². The first-order valence-corrected chi connectivity index (χ1v) is 21.7. The summed E-state index contributed by atoms with van der Waals surface area (Å²) < 4.78 is 33.0. The minimum Gasteiger partial charge on any atom is -0.498 e. The highest BCUT2D eigenvalue weighted by Crippen LogP contribution is 2.43. The van der Waals surface area contributed by atoms with Crippen LogP contribution < -0.4 is 5.73 Å². The smallest absolute Gasteiger partial charge is 0.472 e. The highest BCUT2D eigenvalue weighted by molar-refractivity contribution is 7.47. The largest absolute Gasteiger partial charge is 0.498 e. The number of carbonyl (C=O) groups is 1. The van der Waals surface area contributed by atoms with Crippen LogP contribution in [0.1, 0.15) is 142 Å². The van der Waals surface area contributed by atoms with Crippen LogP contribution in [0, 0.1) is 0 Å². The van der Waals surface area contributed by atoms with Gasteiger partial charge in [0.1, 0.15) is 6.61 Å². The van der Waals surface area contributed by atoms with Crippen molar-refractivity contribution in [2.75, 3.05) is 26.4 Å². The third-order valence-corrected chi connectivity index (χ3v) is 8.93. The summed E-state index contributed by atoms with van der Waals surface area (Å²) in [6.45, 7) is 3.92. The number of allylic oxidation sites excluding steroid dienone is 11. The van der Waals surface area contributed by atoms with E-state index in [1.54, 1.807) is 12.3 Å². The third kappa shape index (κ3) is 39.0. The van der Waals surface area contributed by atoms with Gasteiger partial charge in [-0.05, 0) is 83.1 Å². The molecular formula is C43H74NO8P. The fourth-order valence-corrected chi connectivity index (χ4v) is 5.72. The number of phosphoric acid groups is 1. The molecule has 0 aromatic carbocycles. The molecule has 0 saturated heterocycles. The van der Waals surface area contributed by atoms with Crippen molar-refractivity contribution in [3.8, 4) is 0 Å². The molecule has 0 bridgehead atoms. The number of nitrogens with two attached hydrogens (primary N) is 1. The van der Waals surface area contributed by atoms with E-state index in [1.807, 2.05) is 42.5 Å². The number of hydrogen-bond donors (Lipinski definition) is 3. The van der Waals surface area contributed by atoms with E-state index < -0.39 is 26.0 Å². The molecule has 0 saturated carbocycles. The Bertz CT molecular complexity index is 1100. The normalized spacial score (nSPS) is 15.0. The minimum atomic E-state index is -4.33. The lowest BCUT2D eigenvalue weighted by atomic mass is 10.1. The van der Waals surface area contributed by atoms with Gasteiger partial charge in [-0.3, -0.25) is 13.8 Å². The Morgan fingerprint density at radius 2 is 1.30 bits per heavy atom. The van der Waals surface area contributed by atoms with E-state index >= 15 is 0 Å². The number of esters is 1. The molecule has 0 amide bonds. The van der Waals surface area contributed by atoms with Crippen LogP contribution in [-0.2, 0) is 27.9 Å². The predicted octanol–water partition coefficient (Wildman–Crippen LogP) is 11.1. The third-order valence-electron chi connectivity index (χ3n) is 7.94. The second-order valence-corrected chi connectivity index (χ2v) is 14.5. The van der Waals surface area contributed by atoms with Crippen LogP contribution in [0.5, 0.6) is 0 Å². The van der Waals surface area contributed by atoms with Gasteiger partial charge in [0, 0.05) is 13.0 Å². The molecule has 2 unspecified atom stereocenters. The number of unbranched alkanes of at least 4 members (excludes halogenated alkanes) is 12. The molecule has 0 spiro atoms. The van der Waals surface area contributed by atoms with Gasteiger partial charge in [-0.2, -0.15) is 0 Å². The number of hydrogen-bond acceptors (Lipinski definition) is 8. The molecule has 0 aromatic rings. The van der Waals surface area contributed by atoms with Gasteiger partial charge in [0.05, 0.1) is 25.6 Å². The van der Waals surface area contributed by atoms with Gasteiger partial charge in [-0.1, -0.05) is 132 Å². The zero-order chi connectivity index (χ0) is 38.9. The lowest BCUT2D eigenvalue weighted by Gasteiger charge is -2.19. The molecule has 3 atom stereocenters. The highest BCUT2D eigenvalue weighted by Gasteiger charge is 2.25. The van der Waals surface area contributed by atoms with Crippen molar-refractivity contribution in [2.24, 2.45) is 5.73 Å². The number of rotatable bonds is 37. The van der Waals surface area contributed by atoms with Crippen LogP contribution in [0.25, 0.3) is 0 Å². The van der Waals surface area contributed by atoms with Gasteiger partial charge in [-0.25, -0.2) is 4.57 Å². The molecule has 0 aliphatic rings. The van der Waals surface area contributed by atoms with E-state index in [0.29, 0.717) is 19.3 Å². The van der Waals surface area contributed by atoms with Gasteiger partial charge in [0.15, 0.2) is 6.10 Å². The first-order chi connectivity index (χ1) is 25.8. The summed E-state index contributed by atoms with van der Waals surface area (Å²) >= 11 is 0. The summed E-state index contributed by atoms with van der Waals surface area (Å²) in [5.41, 5.74) is 5.34. The maximum absolute atomic E-state index is 12.5. The summed E-state index contributed by atoms with van der Waals surface area (Å²) in [5.74, 6) is -0.441. The monoisotopic (exact) mass is 764 g/mol. The maximum Gasteiger partial charge on any atom is 0.472 e. The van der Waals surface area contributed by atoms with Crippen LogP contribution >= 0.6 is 7.82 Å². The number of phosphoric ester groups is 1. The Morgan fingerprint density at radius 3 is 2.00 bits per heavy atom. The topological polar surface area (TPSA) is 138 Å². The van der Waals surface area contributed by atoms with Crippen molar-refractivity contribution in [2.45, 2.75) is 154 Å². The van der Waals surface area contributed by atoms with E-state index in [-0.39, 0.29) is 32.8 Å². The molecular weight excluding hydrogens is 689 g/mol. The molecule has 0 radical (unpaired) electrons. The van der Waals surface area contributed by atoms with Crippen LogP contribution in [0.2, 0.25) is 0 Å². The van der Waals surface area contributed by atoms with E-state index in [0.717, 1.165) is 44.9 Å². The van der Waals surface area contributed by atoms with Crippen LogP contribution in [0.4, 0.5) is 0 Å². The fourth-order valence-electron chi connectivity index (χ4n) is 4.96. The fraction of sp³-hybridized carbons (Fsp3) is 0.651. The molecule has 0 aliphatic carbocycles. The van der Waals surface area contributed by atoms with E-state index in [2.05, 4.69) is 44.2 Å². The molecule has 0 heterocycles. The molecule has 10 heteroatoms. The Balaban J connectivity index is 4.34. The SMILES string of the molecule is CC/C=C\C/C=C\CC(O)/C=C/C=C\C/C=C\CCCC(=O)O[C@H](CO/C=C/CCCCCC/C=C\CCCCCCCC)COP(=O)(O)OCCN. The molecule has 0 aromatic heterocycles. The van der Waals surface area contributed by atoms with Gasteiger partial charge >= 0.3 is 13.8 Å². The quantitative estimate of drug-likeness (QED) is 0.0141. The van der Waals surface area contributed by atoms with E-state index in [9.17, 15) is 19.4 Å². The van der Waals surface area contributed by atoms with E-state index in [4.69, 9.17) is 24.3 Å². The number of aliphatic hydroxyl groups is 1. The molecule has 0 fully saturated rings. The van der Waals surface area contributed by atoms with Crippen LogP contribution in [0.15, 0.2) is 85.3 Å². The molecule has 304 valence electrons. The van der Waals surface area contributed by atoms with Gasteiger partial charge < -0.3 is 25.2 Å². The number of aliphatic hydroxyl groups excluding tert-OH is 1. The second kappa shape index (κ2) is 39.2. The lowest BCUT2D eigenvalue weighted by molar-refractivity contribution is -0.153. The molecule has 0 aliphatic heterocycles. The van der Waals surface area contributed by atoms with Gasteiger partial charge in [0.2, 0.25) is 0 Å². The predicted molar refractivity (Wildman–Crippen MR) is 220 cm³/mol. The Hall–Kier alpha value is -2.52. The molecule has 4 N–H and O–H groups in total. The highest BCUT2D eigenvalue weighted by atomic mass is 31.2. The summed E-state index contributed by atoms with van der Waals surface area (Å²) in [5, 5.41) is 10.0. The first kappa shape index (κ1) is 50.5. The second-order valence-electron chi connectivity index (χ2n) is 13.0.